The molecule has 12 heteroatoms. The third-order valence-electron chi connectivity index (χ3n) is 4.41. The predicted octanol–water partition coefficient (Wildman–Crippen LogP) is 3.83. The summed E-state index contributed by atoms with van der Waals surface area (Å²) in [7, 11) is 0. The summed E-state index contributed by atoms with van der Waals surface area (Å²) in [5, 5.41) is 11.7. The van der Waals surface area contributed by atoms with Crippen molar-refractivity contribution in [2.75, 3.05) is 10.8 Å². The quantitative estimate of drug-likeness (QED) is 0.452. The zero-order valence-electron chi connectivity index (χ0n) is 17.2. The van der Waals surface area contributed by atoms with Crippen molar-refractivity contribution in [3.63, 3.8) is 0 Å². The highest BCUT2D eigenvalue weighted by Gasteiger charge is 2.22. The maximum absolute atomic E-state index is 12.9. The molecule has 3 aromatic rings. The van der Waals surface area contributed by atoms with E-state index in [0.717, 1.165) is 0 Å². The number of para-hydroxylation sites is 1. The van der Waals surface area contributed by atoms with Gasteiger partial charge in [-0.3, -0.25) is 9.00 Å². The Bertz CT molecular complexity index is 1200. The highest BCUT2D eigenvalue weighted by atomic mass is 32.2. The molecule has 0 spiro atoms. The number of nitrogens with zero attached hydrogens (tertiary/aromatic N) is 3. The smallest absolute Gasteiger partial charge is 0.387 e. The third-order valence-corrected chi connectivity index (χ3v) is 5.78. The maximum Gasteiger partial charge on any atom is 0.387 e. The molecule has 8 nitrogen and oxygen atoms in total. The van der Waals surface area contributed by atoms with E-state index in [-0.39, 0.29) is 18.0 Å². The highest BCUT2D eigenvalue weighted by molar-refractivity contribution is 7.79. The van der Waals surface area contributed by atoms with Crippen LogP contribution in [-0.4, -0.2) is 32.1 Å². The number of anilines is 2. The predicted molar refractivity (Wildman–Crippen MR) is 118 cm³/mol. The van der Waals surface area contributed by atoms with E-state index in [2.05, 4.69) is 15.0 Å². The van der Waals surface area contributed by atoms with Gasteiger partial charge in [-0.15, -0.1) is 11.3 Å². The number of halogens is 2. The number of nitrogens with one attached hydrogen (secondary N) is 1. The van der Waals surface area contributed by atoms with Crippen LogP contribution in [0.3, 0.4) is 0 Å². The molecule has 0 radical (unpaired) electrons. The number of ether oxygens (including phenoxy) is 1. The SMILES string of the molecule is Cc1sc(N(Cc2ccccc2OC(F)F)c2ccc(C#N)cc2)nc1C(=O)NCS(=O)[O-]. The number of nitriles is 1. The molecule has 1 atom stereocenters. The van der Waals surface area contributed by atoms with Gasteiger partial charge in [0.05, 0.1) is 24.1 Å². The minimum atomic E-state index is -3.00. The Morgan fingerprint density at radius 2 is 2.00 bits per heavy atom. The van der Waals surface area contributed by atoms with E-state index >= 15 is 0 Å². The normalized spacial score (nSPS) is 11.6. The van der Waals surface area contributed by atoms with Crippen molar-refractivity contribution in [3.8, 4) is 11.8 Å². The van der Waals surface area contributed by atoms with Crippen molar-refractivity contribution in [1.29, 1.82) is 5.26 Å². The van der Waals surface area contributed by atoms with Crippen molar-refractivity contribution >= 4 is 39.1 Å². The monoisotopic (exact) mass is 491 g/mol. The van der Waals surface area contributed by atoms with Gasteiger partial charge in [0, 0.05) is 16.1 Å². The van der Waals surface area contributed by atoms with E-state index in [1.54, 1.807) is 54.3 Å². The Kier molecular flexibility index (Phi) is 8.05. The van der Waals surface area contributed by atoms with Gasteiger partial charge in [0.1, 0.15) is 11.4 Å². The Balaban J connectivity index is 2.00. The zero-order chi connectivity index (χ0) is 24.0. The first-order valence-electron chi connectivity index (χ1n) is 9.40. The number of benzene rings is 2. The van der Waals surface area contributed by atoms with Crippen LogP contribution in [0.1, 0.15) is 26.5 Å². The first-order valence-corrected chi connectivity index (χ1v) is 11.5. The van der Waals surface area contributed by atoms with Crippen LogP contribution < -0.4 is 15.0 Å². The van der Waals surface area contributed by atoms with E-state index in [4.69, 9.17) is 5.26 Å². The molecule has 0 aliphatic carbocycles. The van der Waals surface area contributed by atoms with Crippen LogP contribution in [0.4, 0.5) is 19.6 Å². The van der Waals surface area contributed by atoms with Crippen LogP contribution in [0.2, 0.25) is 0 Å². The fraction of sp³-hybridized carbons (Fsp3) is 0.190. The van der Waals surface area contributed by atoms with Gasteiger partial charge in [0.2, 0.25) is 0 Å². The lowest BCUT2D eigenvalue weighted by molar-refractivity contribution is -0.0504. The summed E-state index contributed by atoms with van der Waals surface area (Å²) in [5.74, 6) is -1.21. The van der Waals surface area contributed by atoms with Gasteiger partial charge in [-0.25, -0.2) is 4.98 Å². The summed E-state index contributed by atoms with van der Waals surface area (Å²) in [6, 6.07) is 14.9. The number of aryl methyl sites for hydroxylation is 1. The molecule has 1 amide bonds. The number of hydrogen-bond acceptors (Lipinski definition) is 8. The molecule has 0 fully saturated rings. The summed E-state index contributed by atoms with van der Waals surface area (Å²) < 4.78 is 51.9. The average molecular weight is 492 g/mol. The molecule has 0 saturated carbocycles. The van der Waals surface area contributed by atoms with Crippen molar-refractivity contribution in [2.24, 2.45) is 0 Å². The van der Waals surface area contributed by atoms with E-state index < -0.39 is 29.5 Å². The standard InChI is InChI=1S/C21H18F2N4O4S2/c1-13-18(19(28)25-12-33(29)30)26-21(32-13)27(16-8-6-14(10-24)7-9-16)11-15-4-2-3-5-17(15)31-20(22)23/h2-9,20H,11-12H2,1H3,(H,25,28)(H,29,30)/p-1. The molecule has 3 rings (SSSR count). The number of carbonyl (C=O) groups excluding carboxylic acids is 1. The summed E-state index contributed by atoms with van der Waals surface area (Å²) in [6.45, 7) is -1.26. The number of aromatic nitrogens is 1. The number of hydrogen-bond donors (Lipinski definition) is 1. The minimum absolute atomic E-state index is 0.00434. The summed E-state index contributed by atoms with van der Waals surface area (Å²) in [4.78, 5) is 19.0. The molecular weight excluding hydrogens is 474 g/mol. The minimum Gasteiger partial charge on any atom is -0.771 e. The second-order valence-corrected chi connectivity index (χ2v) is 8.66. The van der Waals surface area contributed by atoms with Crippen LogP contribution in [0.5, 0.6) is 5.75 Å². The summed E-state index contributed by atoms with van der Waals surface area (Å²) in [5.41, 5.74) is 1.53. The molecule has 33 heavy (non-hydrogen) atoms. The topological polar surface area (TPSA) is 118 Å². The van der Waals surface area contributed by atoms with Crippen molar-refractivity contribution in [1.82, 2.24) is 10.3 Å². The number of thiazole rings is 1. The largest absolute Gasteiger partial charge is 0.771 e. The molecular formula is C21H17F2N4O4S2-. The van der Waals surface area contributed by atoms with Crippen molar-refractivity contribution in [2.45, 2.75) is 20.1 Å². The fourth-order valence-corrected chi connectivity index (χ4v) is 4.09. The van der Waals surface area contributed by atoms with Gasteiger partial charge < -0.3 is 19.5 Å². The molecule has 0 saturated heterocycles. The molecule has 1 unspecified atom stereocenters. The fourth-order valence-electron chi connectivity index (χ4n) is 2.92. The first-order chi connectivity index (χ1) is 15.8. The molecule has 0 bridgehead atoms. The Morgan fingerprint density at radius 1 is 1.30 bits per heavy atom. The van der Waals surface area contributed by atoms with E-state index in [1.807, 2.05) is 6.07 Å². The highest BCUT2D eigenvalue weighted by Crippen LogP contribution is 2.35. The molecule has 1 heterocycles. The Labute approximate surface area is 194 Å². The van der Waals surface area contributed by atoms with E-state index in [9.17, 15) is 22.3 Å². The lowest BCUT2D eigenvalue weighted by atomic mass is 10.1. The molecule has 0 aliphatic rings. The van der Waals surface area contributed by atoms with Gasteiger partial charge >= 0.3 is 6.61 Å². The van der Waals surface area contributed by atoms with Crippen molar-refractivity contribution in [3.05, 3.63) is 70.2 Å². The number of carbonyl (C=O) groups is 1. The second kappa shape index (κ2) is 11.0. The summed E-state index contributed by atoms with van der Waals surface area (Å²) >= 11 is -1.28. The lowest BCUT2D eigenvalue weighted by Gasteiger charge is -2.23. The van der Waals surface area contributed by atoms with Crippen LogP contribution >= 0.6 is 11.3 Å². The van der Waals surface area contributed by atoms with E-state index in [0.29, 0.717) is 26.8 Å². The van der Waals surface area contributed by atoms with Crippen molar-refractivity contribution < 1.29 is 27.1 Å². The Morgan fingerprint density at radius 3 is 2.64 bits per heavy atom. The van der Waals surface area contributed by atoms with Gasteiger partial charge in [-0.05, 0) is 48.3 Å². The molecule has 1 N–H and O–H groups in total. The Hall–Kier alpha value is -3.40. The average Bonchev–Trinajstić information content (AvgIpc) is 3.18. The van der Waals surface area contributed by atoms with Crippen LogP contribution in [-0.2, 0) is 17.6 Å². The molecule has 0 aliphatic heterocycles. The maximum atomic E-state index is 12.9. The number of alkyl halides is 2. The third kappa shape index (κ3) is 6.32. The second-order valence-electron chi connectivity index (χ2n) is 6.59. The van der Waals surface area contributed by atoms with E-state index in [1.165, 1.54) is 17.4 Å². The van der Waals surface area contributed by atoms with Crippen LogP contribution in [0.25, 0.3) is 0 Å². The van der Waals surface area contributed by atoms with Gasteiger partial charge in [0.25, 0.3) is 5.91 Å². The summed E-state index contributed by atoms with van der Waals surface area (Å²) in [6.07, 6.45) is 0. The van der Waals surface area contributed by atoms with Gasteiger partial charge in [-0.2, -0.15) is 14.0 Å². The lowest BCUT2D eigenvalue weighted by Crippen LogP contribution is -2.27. The van der Waals surface area contributed by atoms with Gasteiger partial charge in [-0.1, -0.05) is 18.2 Å². The molecule has 2 aromatic carbocycles. The zero-order valence-corrected chi connectivity index (χ0v) is 18.8. The number of rotatable bonds is 9. The molecule has 1 aromatic heterocycles. The first kappa shape index (κ1) is 24.2. The number of amides is 1. The van der Waals surface area contributed by atoms with Crippen LogP contribution in [0.15, 0.2) is 48.5 Å². The van der Waals surface area contributed by atoms with Gasteiger partial charge in [0.15, 0.2) is 5.13 Å². The molecule has 172 valence electrons. The van der Waals surface area contributed by atoms with Crippen LogP contribution in [0, 0.1) is 18.3 Å².